The molecule has 0 bridgehead atoms. The van der Waals surface area contributed by atoms with Crippen LogP contribution < -0.4 is 5.32 Å². The number of amides is 1. The zero-order valence-electron chi connectivity index (χ0n) is 10.6. The molecule has 0 spiro atoms. The van der Waals surface area contributed by atoms with Crippen LogP contribution in [0.15, 0.2) is 0 Å². The summed E-state index contributed by atoms with van der Waals surface area (Å²) in [6.45, 7) is 8.27. The van der Waals surface area contributed by atoms with Crippen molar-refractivity contribution in [3.8, 4) is 0 Å². The molecule has 1 heterocycles. The molecule has 4 heteroatoms. The van der Waals surface area contributed by atoms with Crippen molar-refractivity contribution in [1.82, 2.24) is 10.2 Å². The molecule has 0 aromatic heterocycles. The van der Waals surface area contributed by atoms with Crippen LogP contribution in [0.2, 0.25) is 0 Å². The first-order valence-corrected chi connectivity index (χ1v) is 6.11. The van der Waals surface area contributed by atoms with Gasteiger partial charge in [0.05, 0.1) is 0 Å². The Balaban J connectivity index is 2.10. The van der Waals surface area contributed by atoms with Crippen LogP contribution in [-0.4, -0.2) is 41.8 Å². The summed E-state index contributed by atoms with van der Waals surface area (Å²) in [5.41, 5.74) is -0.312. The Hall–Kier alpha value is -0.610. The summed E-state index contributed by atoms with van der Waals surface area (Å²) in [6, 6.07) is 0. The number of aliphatic hydroxyl groups excluding tert-OH is 1. The summed E-state index contributed by atoms with van der Waals surface area (Å²) in [5, 5.41) is 12.5. The summed E-state index contributed by atoms with van der Waals surface area (Å²) < 4.78 is 0. The molecule has 1 rings (SSSR count). The van der Waals surface area contributed by atoms with Gasteiger partial charge in [-0.05, 0) is 19.3 Å². The monoisotopic (exact) mass is 228 g/mol. The van der Waals surface area contributed by atoms with Gasteiger partial charge in [0, 0.05) is 25.0 Å². The van der Waals surface area contributed by atoms with E-state index in [4.69, 9.17) is 0 Å². The highest BCUT2D eigenvalue weighted by Crippen LogP contribution is 2.14. The third kappa shape index (κ3) is 4.10. The Labute approximate surface area is 98.0 Å². The third-order valence-corrected chi connectivity index (χ3v) is 2.92. The molecule has 1 fully saturated rings. The van der Waals surface area contributed by atoms with Gasteiger partial charge in [-0.3, -0.25) is 9.69 Å². The Morgan fingerprint density at radius 1 is 1.50 bits per heavy atom. The first-order valence-electron chi connectivity index (χ1n) is 6.11. The van der Waals surface area contributed by atoms with Crippen molar-refractivity contribution in [3.63, 3.8) is 0 Å². The maximum Gasteiger partial charge on any atom is 0.225 e. The Morgan fingerprint density at radius 2 is 2.19 bits per heavy atom. The molecule has 94 valence electrons. The molecule has 1 saturated heterocycles. The molecule has 0 aromatic carbocycles. The molecule has 0 radical (unpaired) electrons. The van der Waals surface area contributed by atoms with E-state index in [0.29, 0.717) is 6.54 Å². The van der Waals surface area contributed by atoms with E-state index in [2.05, 4.69) is 10.2 Å². The lowest BCUT2D eigenvalue weighted by Gasteiger charge is -2.21. The molecule has 1 amide bonds. The average molecular weight is 228 g/mol. The van der Waals surface area contributed by atoms with Crippen molar-refractivity contribution in [3.05, 3.63) is 0 Å². The highest BCUT2D eigenvalue weighted by atomic mass is 16.3. The van der Waals surface area contributed by atoms with Crippen LogP contribution in [0.5, 0.6) is 0 Å². The van der Waals surface area contributed by atoms with Gasteiger partial charge in [-0.2, -0.15) is 0 Å². The highest BCUT2D eigenvalue weighted by Gasteiger charge is 2.22. The predicted octanol–water partition coefficient (Wildman–Crippen LogP) is 0.953. The van der Waals surface area contributed by atoms with Crippen LogP contribution in [0.25, 0.3) is 0 Å². The molecule has 1 unspecified atom stereocenters. The van der Waals surface area contributed by atoms with Crippen LogP contribution in [-0.2, 0) is 4.79 Å². The first kappa shape index (κ1) is 13.5. The van der Waals surface area contributed by atoms with E-state index in [-0.39, 0.29) is 17.6 Å². The molecule has 2 N–H and O–H groups in total. The molecule has 1 aliphatic heterocycles. The quantitative estimate of drug-likeness (QED) is 0.705. The van der Waals surface area contributed by atoms with Crippen molar-refractivity contribution < 1.29 is 9.90 Å². The normalized spacial score (nSPS) is 22.4. The summed E-state index contributed by atoms with van der Waals surface area (Å²) in [7, 11) is 0. The van der Waals surface area contributed by atoms with E-state index in [1.807, 2.05) is 20.8 Å². The number of hydrogen-bond acceptors (Lipinski definition) is 3. The van der Waals surface area contributed by atoms with Gasteiger partial charge in [0.25, 0.3) is 0 Å². The lowest BCUT2D eigenvalue weighted by atomic mass is 9.96. The van der Waals surface area contributed by atoms with Gasteiger partial charge < -0.3 is 10.4 Å². The van der Waals surface area contributed by atoms with Gasteiger partial charge in [0.1, 0.15) is 6.23 Å². The minimum atomic E-state index is -0.312. The van der Waals surface area contributed by atoms with E-state index in [0.717, 1.165) is 32.4 Å². The summed E-state index contributed by atoms with van der Waals surface area (Å²) >= 11 is 0. The van der Waals surface area contributed by atoms with Crippen LogP contribution in [0.4, 0.5) is 0 Å². The van der Waals surface area contributed by atoms with Crippen molar-refractivity contribution >= 4 is 5.91 Å². The van der Waals surface area contributed by atoms with Crippen LogP contribution >= 0.6 is 0 Å². The molecular weight excluding hydrogens is 204 g/mol. The molecule has 0 saturated carbocycles. The fourth-order valence-corrected chi connectivity index (χ4v) is 1.82. The minimum absolute atomic E-state index is 0.0921. The Morgan fingerprint density at radius 3 is 2.69 bits per heavy atom. The van der Waals surface area contributed by atoms with Crippen LogP contribution in [0.1, 0.15) is 40.0 Å². The fourth-order valence-electron chi connectivity index (χ4n) is 1.82. The third-order valence-electron chi connectivity index (χ3n) is 2.92. The number of carbonyl (C=O) groups is 1. The molecule has 0 aliphatic carbocycles. The second-order valence-electron chi connectivity index (χ2n) is 5.52. The van der Waals surface area contributed by atoms with Gasteiger partial charge in [0.15, 0.2) is 0 Å². The summed E-state index contributed by atoms with van der Waals surface area (Å²) in [4.78, 5) is 13.6. The molecule has 4 nitrogen and oxygen atoms in total. The second-order valence-corrected chi connectivity index (χ2v) is 5.52. The molecular formula is C12H24N2O2. The zero-order chi connectivity index (χ0) is 12.2. The largest absolute Gasteiger partial charge is 0.378 e. The fraction of sp³-hybridized carbons (Fsp3) is 0.917. The Bertz CT molecular complexity index is 236. The predicted molar refractivity (Wildman–Crippen MR) is 63.9 cm³/mol. The van der Waals surface area contributed by atoms with Crippen LogP contribution in [0, 0.1) is 5.41 Å². The van der Waals surface area contributed by atoms with E-state index < -0.39 is 0 Å². The topological polar surface area (TPSA) is 52.6 Å². The number of aliphatic hydroxyl groups is 1. The second kappa shape index (κ2) is 5.64. The van der Waals surface area contributed by atoms with Gasteiger partial charge in [-0.25, -0.2) is 0 Å². The molecule has 0 aromatic rings. The lowest BCUT2D eigenvalue weighted by Crippen LogP contribution is -2.37. The van der Waals surface area contributed by atoms with Gasteiger partial charge in [0.2, 0.25) is 5.91 Å². The van der Waals surface area contributed by atoms with Gasteiger partial charge >= 0.3 is 0 Å². The van der Waals surface area contributed by atoms with Crippen molar-refractivity contribution in [2.45, 2.75) is 46.3 Å². The van der Waals surface area contributed by atoms with Gasteiger partial charge in [-0.1, -0.05) is 20.8 Å². The molecule has 1 aliphatic rings. The minimum Gasteiger partial charge on any atom is -0.378 e. The lowest BCUT2D eigenvalue weighted by molar-refractivity contribution is -0.128. The van der Waals surface area contributed by atoms with E-state index >= 15 is 0 Å². The standard InChI is InChI=1S/C12H24N2O2/c1-12(2,3)11(16)13-7-5-9-14-8-4-6-10(14)15/h10,15H,4-9H2,1-3H3,(H,13,16). The number of rotatable bonds is 4. The SMILES string of the molecule is CC(C)(C)C(=O)NCCCN1CCCC1O. The average Bonchev–Trinajstić information content (AvgIpc) is 2.57. The van der Waals surface area contributed by atoms with Gasteiger partial charge in [-0.15, -0.1) is 0 Å². The number of nitrogens with one attached hydrogen (secondary N) is 1. The number of carbonyl (C=O) groups excluding carboxylic acids is 1. The number of hydrogen-bond donors (Lipinski definition) is 2. The number of nitrogens with zero attached hydrogens (tertiary/aromatic N) is 1. The van der Waals surface area contributed by atoms with Crippen molar-refractivity contribution in [2.75, 3.05) is 19.6 Å². The van der Waals surface area contributed by atoms with E-state index in [1.165, 1.54) is 0 Å². The van der Waals surface area contributed by atoms with E-state index in [1.54, 1.807) is 0 Å². The number of likely N-dealkylation sites (tertiary alicyclic amines) is 1. The maximum absolute atomic E-state index is 11.6. The van der Waals surface area contributed by atoms with Crippen LogP contribution in [0.3, 0.4) is 0 Å². The smallest absolute Gasteiger partial charge is 0.225 e. The molecule has 1 atom stereocenters. The highest BCUT2D eigenvalue weighted by molar-refractivity contribution is 5.81. The zero-order valence-corrected chi connectivity index (χ0v) is 10.6. The Kier molecular flexibility index (Phi) is 4.74. The summed E-state index contributed by atoms with van der Waals surface area (Å²) in [6.07, 6.45) is 2.60. The summed E-state index contributed by atoms with van der Waals surface area (Å²) in [5.74, 6) is 0.0921. The van der Waals surface area contributed by atoms with Crippen molar-refractivity contribution in [2.24, 2.45) is 5.41 Å². The molecule has 16 heavy (non-hydrogen) atoms. The van der Waals surface area contributed by atoms with Crippen molar-refractivity contribution in [1.29, 1.82) is 0 Å². The maximum atomic E-state index is 11.6. The van der Waals surface area contributed by atoms with E-state index in [9.17, 15) is 9.90 Å². The first-order chi connectivity index (χ1) is 7.41.